The lowest BCUT2D eigenvalue weighted by Gasteiger charge is -2.34. The number of benzene rings is 3. The fourth-order valence-corrected chi connectivity index (χ4v) is 3.74. The molecule has 0 atom stereocenters. The number of nitrogens with zero attached hydrogens (tertiary/aromatic N) is 1. The van der Waals surface area contributed by atoms with Crippen molar-refractivity contribution in [3.8, 4) is 11.5 Å². The molecule has 0 fully saturated rings. The van der Waals surface area contributed by atoms with Crippen molar-refractivity contribution in [1.29, 1.82) is 0 Å². The van der Waals surface area contributed by atoms with Crippen molar-refractivity contribution in [3.63, 3.8) is 0 Å². The van der Waals surface area contributed by atoms with Gasteiger partial charge in [-0.15, -0.1) is 0 Å². The summed E-state index contributed by atoms with van der Waals surface area (Å²) in [5.41, 5.74) is 4.17. The highest BCUT2D eigenvalue weighted by Crippen LogP contribution is 2.53. The summed E-state index contributed by atoms with van der Waals surface area (Å²) in [4.78, 5) is 2.12. The molecule has 2 nitrogen and oxygen atoms in total. The molecular weight excluding hydrogens is 365 g/mol. The fraction of sp³-hybridized carbons (Fsp3) is 0.182. The van der Waals surface area contributed by atoms with Gasteiger partial charge in [0.25, 0.3) is 0 Å². The topological polar surface area (TPSA) is 12.5 Å². The van der Waals surface area contributed by atoms with Crippen molar-refractivity contribution >= 4 is 40.3 Å². The van der Waals surface area contributed by atoms with Crippen LogP contribution in [0.15, 0.2) is 60.7 Å². The van der Waals surface area contributed by atoms with E-state index in [-0.39, 0.29) is 5.41 Å². The largest absolute Gasteiger partial charge is 0.453 e. The van der Waals surface area contributed by atoms with Crippen LogP contribution in [-0.2, 0) is 5.41 Å². The minimum Gasteiger partial charge on any atom is -0.453 e. The molecule has 0 bridgehead atoms. The van der Waals surface area contributed by atoms with Gasteiger partial charge in [-0.1, -0.05) is 68.2 Å². The molecule has 0 N–H and O–H groups in total. The molecule has 0 radical (unpaired) electrons. The fourth-order valence-electron chi connectivity index (χ4n) is 3.18. The zero-order valence-electron chi connectivity index (χ0n) is 14.9. The van der Waals surface area contributed by atoms with Gasteiger partial charge in [0.1, 0.15) is 5.69 Å². The molecule has 0 spiro atoms. The molecule has 3 aromatic carbocycles. The number of para-hydroxylation sites is 2. The second kappa shape index (κ2) is 6.22. The van der Waals surface area contributed by atoms with Crippen LogP contribution >= 0.6 is 23.2 Å². The molecule has 4 heteroatoms. The second-order valence-electron chi connectivity index (χ2n) is 7.44. The molecule has 26 heavy (non-hydrogen) atoms. The molecule has 0 aromatic heterocycles. The Hall–Kier alpha value is -2.16. The third kappa shape index (κ3) is 2.94. The molecule has 0 aliphatic carbocycles. The van der Waals surface area contributed by atoms with Crippen molar-refractivity contribution in [2.75, 3.05) is 4.90 Å². The van der Waals surface area contributed by atoms with Crippen LogP contribution in [0.25, 0.3) is 0 Å². The first-order chi connectivity index (χ1) is 12.3. The summed E-state index contributed by atoms with van der Waals surface area (Å²) in [5.74, 6) is 1.43. The van der Waals surface area contributed by atoms with Crippen LogP contribution in [0.1, 0.15) is 26.3 Å². The smallest absolute Gasteiger partial charge is 0.154 e. The van der Waals surface area contributed by atoms with E-state index in [4.69, 9.17) is 27.9 Å². The third-order valence-corrected chi connectivity index (χ3v) is 5.04. The minimum absolute atomic E-state index is 0.102. The molecule has 0 saturated heterocycles. The summed E-state index contributed by atoms with van der Waals surface area (Å²) in [5, 5.41) is 1.11. The molecule has 1 heterocycles. The van der Waals surface area contributed by atoms with Crippen molar-refractivity contribution in [2.45, 2.75) is 26.2 Å². The SMILES string of the molecule is CC(C)(C)c1ccc(N2c3ccccc3Oc3cc(Cl)cc(Cl)c32)cc1. The summed E-state index contributed by atoms with van der Waals surface area (Å²) >= 11 is 12.7. The van der Waals surface area contributed by atoms with E-state index < -0.39 is 0 Å². The van der Waals surface area contributed by atoms with E-state index >= 15 is 0 Å². The average Bonchev–Trinajstić information content (AvgIpc) is 2.59. The Labute approximate surface area is 163 Å². The maximum Gasteiger partial charge on any atom is 0.154 e. The van der Waals surface area contributed by atoms with E-state index in [2.05, 4.69) is 49.9 Å². The Bertz CT molecular complexity index is 974. The van der Waals surface area contributed by atoms with Crippen LogP contribution in [0, 0.1) is 0 Å². The summed E-state index contributed by atoms with van der Waals surface area (Å²) < 4.78 is 6.06. The summed E-state index contributed by atoms with van der Waals surface area (Å²) in [7, 11) is 0. The first kappa shape index (κ1) is 17.3. The highest BCUT2D eigenvalue weighted by molar-refractivity contribution is 6.37. The molecular formula is C22H19Cl2NO. The van der Waals surface area contributed by atoms with Gasteiger partial charge < -0.3 is 9.64 Å². The van der Waals surface area contributed by atoms with E-state index in [0.717, 1.165) is 22.8 Å². The highest BCUT2D eigenvalue weighted by Gasteiger charge is 2.28. The van der Waals surface area contributed by atoms with Gasteiger partial charge in [0.15, 0.2) is 11.5 Å². The van der Waals surface area contributed by atoms with Crippen molar-refractivity contribution < 1.29 is 4.74 Å². The number of hydrogen-bond donors (Lipinski definition) is 0. The van der Waals surface area contributed by atoms with Gasteiger partial charge in [-0.25, -0.2) is 0 Å². The first-order valence-electron chi connectivity index (χ1n) is 8.51. The van der Waals surface area contributed by atoms with Gasteiger partial charge in [0.2, 0.25) is 0 Å². The van der Waals surface area contributed by atoms with Crippen LogP contribution in [0.4, 0.5) is 17.1 Å². The maximum absolute atomic E-state index is 6.56. The average molecular weight is 384 g/mol. The summed E-state index contributed by atoms with van der Waals surface area (Å²) in [6.45, 7) is 6.63. The lowest BCUT2D eigenvalue weighted by Crippen LogP contribution is -2.17. The van der Waals surface area contributed by atoms with E-state index in [9.17, 15) is 0 Å². The molecule has 1 aliphatic heterocycles. The summed E-state index contributed by atoms with van der Waals surface area (Å²) in [6.07, 6.45) is 0. The lowest BCUT2D eigenvalue weighted by atomic mass is 9.87. The Balaban J connectivity index is 1.91. The molecule has 1 aliphatic rings. The zero-order valence-corrected chi connectivity index (χ0v) is 16.4. The Morgan fingerprint density at radius 1 is 0.846 bits per heavy atom. The number of ether oxygens (including phenoxy) is 1. The minimum atomic E-state index is 0.102. The summed E-state index contributed by atoms with van der Waals surface area (Å²) in [6, 6.07) is 20.0. The van der Waals surface area contributed by atoms with Crippen molar-refractivity contribution in [2.24, 2.45) is 0 Å². The number of hydrogen-bond acceptors (Lipinski definition) is 2. The van der Waals surface area contributed by atoms with Crippen LogP contribution in [0.3, 0.4) is 0 Å². The number of halogens is 2. The van der Waals surface area contributed by atoms with Gasteiger partial charge in [0.05, 0.1) is 10.7 Å². The number of fused-ring (bicyclic) bond motifs is 2. The Kier molecular flexibility index (Phi) is 4.13. The van der Waals surface area contributed by atoms with Crippen LogP contribution in [0.5, 0.6) is 11.5 Å². The normalized spacial score (nSPS) is 13.0. The van der Waals surface area contributed by atoms with Gasteiger partial charge in [-0.2, -0.15) is 0 Å². The first-order valence-corrected chi connectivity index (χ1v) is 9.27. The van der Waals surface area contributed by atoms with E-state index in [1.165, 1.54) is 5.56 Å². The van der Waals surface area contributed by atoms with Crippen LogP contribution in [0.2, 0.25) is 10.0 Å². The van der Waals surface area contributed by atoms with E-state index in [1.807, 2.05) is 24.3 Å². The standard InChI is InChI=1S/C22H19Cl2NO/c1-22(2,3)14-8-10-16(11-9-14)25-18-6-4-5-7-19(18)26-20-13-15(23)12-17(24)21(20)25/h4-13H,1-3H3. The predicted molar refractivity (Wildman–Crippen MR) is 110 cm³/mol. The zero-order chi connectivity index (χ0) is 18.5. The van der Waals surface area contributed by atoms with Gasteiger partial charge >= 0.3 is 0 Å². The molecule has 0 saturated carbocycles. The highest BCUT2D eigenvalue weighted by atomic mass is 35.5. The third-order valence-electron chi connectivity index (χ3n) is 4.53. The quantitative estimate of drug-likeness (QED) is 0.331. The van der Waals surface area contributed by atoms with Crippen molar-refractivity contribution in [1.82, 2.24) is 0 Å². The van der Waals surface area contributed by atoms with Gasteiger partial charge in [0, 0.05) is 16.8 Å². The van der Waals surface area contributed by atoms with Crippen LogP contribution in [-0.4, -0.2) is 0 Å². The molecule has 4 rings (SSSR count). The Morgan fingerprint density at radius 3 is 2.23 bits per heavy atom. The van der Waals surface area contributed by atoms with E-state index in [0.29, 0.717) is 15.8 Å². The second-order valence-corrected chi connectivity index (χ2v) is 8.28. The molecule has 0 unspecified atom stereocenters. The van der Waals surface area contributed by atoms with Gasteiger partial charge in [-0.05, 0) is 41.3 Å². The molecule has 132 valence electrons. The lowest BCUT2D eigenvalue weighted by molar-refractivity contribution is 0.477. The molecule has 3 aromatic rings. The molecule has 0 amide bonds. The predicted octanol–water partition coefficient (Wildman–Crippen LogP) is 7.87. The van der Waals surface area contributed by atoms with Crippen LogP contribution < -0.4 is 9.64 Å². The monoisotopic (exact) mass is 383 g/mol. The van der Waals surface area contributed by atoms with Crippen molar-refractivity contribution in [3.05, 3.63) is 76.3 Å². The number of rotatable bonds is 1. The Morgan fingerprint density at radius 2 is 1.54 bits per heavy atom. The maximum atomic E-state index is 6.56. The van der Waals surface area contributed by atoms with Gasteiger partial charge in [-0.3, -0.25) is 0 Å². The van der Waals surface area contributed by atoms with E-state index in [1.54, 1.807) is 12.1 Å². The number of anilines is 3.